The van der Waals surface area contributed by atoms with Crippen LogP contribution >= 0.6 is 0 Å². The van der Waals surface area contributed by atoms with E-state index in [-0.39, 0.29) is 17.8 Å². The highest BCUT2D eigenvalue weighted by atomic mass is 19.4. The second kappa shape index (κ2) is 3.26. The van der Waals surface area contributed by atoms with Gasteiger partial charge in [-0.2, -0.15) is 13.2 Å². The van der Waals surface area contributed by atoms with Crippen LogP contribution in [0, 0.1) is 5.41 Å². The number of Topliss-reactive ketones (excluding diaryl/α,β-unsaturated/α-hetero) is 1. The van der Waals surface area contributed by atoms with E-state index < -0.39 is 11.6 Å². The van der Waals surface area contributed by atoms with Crippen LogP contribution in [0.4, 0.5) is 13.2 Å². The Morgan fingerprint density at radius 1 is 1.50 bits per heavy atom. The van der Waals surface area contributed by atoms with Gasteiger partial charge >= 0.3 is 6.18 Å². The van der Waals surface area contributed by atoms with E-state index in [0.29, 0.717) is 0 Å². The number of hydrogen-bond donors (Lipinski definition) is 0. The fraction of sp³-hybridized carbons (Fsp3) is 0.500. The Hall–Kier alpha value is -1.06. The molecule has 1 atom stereocenters. The largest absolute Gasteiger partial charge is 0.397 e. The van der Waals surface area contributed by atoms with Crippen molar-refractivity contribution in [3.8, 4) is 0 Å². The predicted octanol–water partition coefficient (Wildman–Crippen LogP) is 3.03. The molecule has 78 valence electrons. The van der Waals surface area contributed by atoms with E-state index >= 15 is 0 Å². The standard InChI is InChI=1S/C10H11F3O/c1-7(14)8-4-3-5-9(2,6-8)10(11,12)13/h3-4,6H,5H2,1-2H3. The van der Waals surface area contributed by atoms with Crippen molar-refractivity contribution in [2.24, 2.45) is 5.41 Å². The van der Waals surface area contributed by atoms with Crippen molar-refractivity contribution in [1.82, 2.24) is 0 Å². The van der Waals surface area contributed by atoms with Crippen molar-refractivity contribution >= 4 is 5.78 Å². The van der Waals surface area contributed by atoms with Gasteiger partial charge in [-0.15, -0.1) is 0 Å². The van der Waals surface area contributed by atoms with Crippen LogP contribution < -0.4 is 0 Å². The third-order valence-electron chi connectivity index (χ3n) is 2.37. The quantitative estimate of drug-likeness (QED) is 0.641. The summed E-state index contributed by atoms with van der Waals surface area (Å²) in [5.41, 5.74) is -1.76. The van der Waals surface area contributed by atoms with Gasteiger partial charge in [0.15, 0.2) is 5.78 Å². The number of halogens is 3. The lowest BCUT2D eigenvalue weighted by Crippen LogP contribution is -2.34. The minimum atomic E-state index is -4.31. The Bertz CT molecular complexity index is 312. The number of rotatable bonds is 1. The predicted molar refractivity (Wildman–Crippen MR) is 46.7 cm³/mol. The molecule has 0 aromatic carbocycles. The van der Waals surface area contributed by atoms with Crippen LogP contribution in [0.25, 0.3) is 0 Å². The van der Waals surface area contributed by atoms with Crippen molar-refractivity contribution in [3.05, 3.63) is 23.8 Å². The Morgan fingerprint density at radius 3 is 2.50 bits per heavy atom. The molecule has 1 rings (SSSR count). The van der Waals surface area contributed by atoms with Crippen molar-refractivity contribution in [1.29, 1.82) is 0 Å². The van der Waals surface area contributed by atoms with Gasteiger partial charge in [0.05, 0.1) is 5.41 Å². The molecule has 0 bridgehead atoms. The molecular formula is C10H11F3O. The maximum atomic E-state index is 12.6. The normalized spacial score (nSPS) is 27.4. The molecule has 1 nitrogen and oxygen atoms in total. The maximum absolute atomic E-state index is 12.6. The second-order valence-electron chi connectivity index (χ2n) is 3.68. The summed E-state index contributed by atoms with van der Waals surface area (Å²) in [6.45, 7) is 2.36. The van der Waals surface area contributed by atoms with Gasteiger partial charge < -0.3 is 0 Å². The Morgan fingerprint density at radius 2 is 2.07 bits per heavy atom. The Balaban J connectivity index is 3.06. The summed E-state index contributed by atoms with van der Waals surface area (Å²) < 4.78 is 37.7. The zero-order valence-corrected chi connectivity index (χ0v) is 7.98. The number of alkyl halides is 3. The van der Waals surface area contributed by atoms with Gasteiger partial charge in [-0.3, -0.25) is 4.79 Å². The first-order chi connectivity index (χ1) is 6.26. The van der Waals surface area contributed by atoms with Crippen molar-refractivity contribution in [2.45, 2.75) is 26.4 Å². The summed E-state index contributed by atoms with van der Waals surface area (Å²) in [4.78, 5) is 10.9. The first-order valence-corrected chi connectivity index (χ1v) is 4.23. The highest BCUT2D eigenvalue weighted by molar-refractivity contribution is 5.96. The Labute approximate surface area is 80.3 Å². The topological polar surface area (TPSA) is 17.1 Å². The molecule has 0 fully saturated rings. The molecule has 0 saturated heterocycles. The highest BCUT2D eigenvalue weighted by Crippen LogP contribution is 2.44. The van der Waals surface area contributed by atoms with Gasteiger partial charge in [-0.1, -0.05) is 18.2 Å². The zero-order chi connectivity index (χ0) is 11.0. The Kier molecular flexibility index (Phi) is 2.56. The number of allylic oxidation sites excluding steroid dienone is 4. The number of carbonyl (C=O) groups excluding carboxylic acids is 1. The lowest BCUT2D eigenvalue weighted by Gasteiger charge is -2.30. The fourth-order valence-corrected chi connectivity index (χ4v) is 1.30. The third-order valence-corrected chi connectivity index (χ3v) is 2.37. The van der Waals surface area contributed by atoms with Gasteiger partial charge in [0.2, 0.25) is 0 Å². The van der Waals surface area contributed by atoms with Gasteiger partial charge in [0.25, 0.3) is 0 Å². The van der Waals surface area contributed by atoms with E-state index in [1.54, 1.807) is 0 Å². The summed E-state index contributed by atoms with van der Waals surface area (Å²) >= 11 is 0. The van der Waals surface area contributed by atoms with Gasteiger partial charge in [0, 0.05) is 5.57 Å². The third kappa shape index (κ3) is 1.89. The molecule has 14 heavy (non-hydrogen) atoms. The molecule has 1 unspecified atom stereocenters. The minimum absolute atomic E-state index is 0.104. The lowest BCUT2D eigenvalue weighted by molar-refractivity contribution is -0.199. The van der Waals surface area contributed by atoms with E-state index in [1.165, 1.54) is 19.1 Å². The molecule has 0 aromatic heterocycles. The molecule has 0 heterocycles. The summed E-state index contributed by atoms with van der Waals surface area (Å²) in [5, 5.41) is 0. The molecule has 0 saturated carbocycles. The van der Waals surface area contributed by atoms with Crippen LogP contribution in [-0.2, 0) is 4.79 Å². The highest BCUT2D eigenvalue weighted by Gasteiger charge is 2.49. The summed E-state index contributed by atoms with van der Waals surface area (Å²) in [5.74, 6) is -0.337. The van der Waals surface area contributed by atoms with Crippen LogP contribution in [0.15, 0.2) is 23.8 Å². The molecule has 0 radical (unpaired) electrons. The molecule has 0 amide bonds. The maximum Gasteiger partial charge on any atom is 0.397 e. The molecule has 0 spiro atoms. The zero-order valence-electron chi connectivity index (χ0n) is 7.98. The molecule has 4 heteroatoms. The van der Waals surface area contributed by atoms with Crippen LogP contribution in [0.1, 0.15) is 20.3 Å². The minimum Gasteiger partial charge on any atom is -0.295 e. The second-order valence-corrected chi connectivity index (χ2v) is 3.68. The first kappa shape index (κ1) is 11.0. The fourth-order valence-electron chi connectivity index (χ4n) is 1.30. The summed E-state index contributed by atoms with van der Waals surface area (Å²) in [6, 6.07) is 0. The SMILES string of the molecule is CC(=O)C1=CC(C)(C(F)(F)F)CC=C1. The first-order valence-electron chi connectivity index (χ1n) is 4.23. The van der Waals surface area contributed by atoms with Crippen molar-refractivity contribution < 1.29 is 18.0 Å². The van der Waals surface area contributed by atoms with Crippen LogP contribution in [0.3, 0.4) is 0 Å². The molecule has 0 N–H and O–H groups in total. The smallest absolute Gasteiger partial charge is 0.295 e. The monoisotopic (exact) mass is 204 g/mol. The van der Waals surface area contributed by atoms with Crippen molar-refractivity contribution in [3.63, 3.8) is 0 Å². The molecule has 0 aromatic rings. The number of carbonyl (C=O) groups is 1. The van der Waals surface area contributed by atoms with E-state index in [2.05, 4.69) is 0 Å². The van der Waals surface area contributed by atoms with E-state index in [4.69, 9.17) is 0 Å². The van der Waals surface area contributed by atoms with E-state index in [0.717, 1.165) is 13.0 Å². The van der Waals surface area contributed by atoms with Crippen LogP contribution in [0.5, 0.6) is 0 Å². The van der Waals surface area contributed by atoms with E-state index in [1.807, 2.05) is 0 Å². The number of hydrogen-bond acceptors (Lipinski definition) is 1. The summed E-state index contributed by atoms with van der Waals surface area (Å²) in [6.07, 6.45) is -0.568. The van der Waals surface area contributed by atoms with Crippen LogP contribution in [0.2, 0.25) is 0 Å². The summed E-state index contributed by atoms with van der Waals surface area (Å²) in [7, 11) is 0. The molecule has 1 aliphatic rings. The number of ketones is 1. The molecule has 0 aliphatic heterocycles. The lowest BCUT2D eigenvalue weighted by atomic mass is 9.80. The van der Waals surface area contributed by atoms with Gasteiger partial charge in [-0.05, 0) is 20.3 Å². The van der Waals surface area contributed by atoms with Crippen molar-refractivity contribution in [2.75, 3.05) is 0 Å². The van der Waals surface area contributed by atoms with Crippen LogP contribution in [-0.4, -0.2) is 12.0 Å². The van der Waals surface area contributed by atoms with Gasteiger partial charge in [-0.25, -0.2) is 0 Å². The molecular weight excluding hydrogens is 193 g/mol. The van der Waals surface area contributed by atoms with E-state index in [9.17, 15) is 18.0 Å². The average Bonchev–Trinajstić information content (AvgIpc) is 2.02. The molecule has 1 aliphatic carbocycles. The van der Waals surface area contributed by atoms with Gasteiger partial charge in [0.1, 0.15) is 0 Å². The average molecular weight is 204 g/mol.